The molecule has 6 heteroatoms. The zero-order valence-corrected chi connectivity index (χ0v) is 17.4. The number of ketones is 1. The number of rotatable bonds is 3. The second kappa shape index (κ2) is 7.41. The van der Waals surface area contributed by atoms with Gasteiger partial charge in [0.1, 0.15) is 5.78 Å². The molecule has 0 radical (unpaired) electrons. The van der Waals surface area contributed by atoms with Crippen LogP contribution >= 0.6 is 23.8 Å². The Bertz CT molecular complexity index is 995. The van der Waals surface area contributed by atoms with Crippen LogP contribution in [0.2, 0.25) is 5.02 Å². The number of thiocarbonyl (C=S) groups is 1. The van der Waals surface area contributed by atoms with Crippen LogP contribution in [0.15, 0.2) is 41.2 Å². The molecule has 2 aromatic rings. The quantitative estimate of drug-likeness (QED) is 0.620. The van der Waals surface area contributed by atoms with Gasteiger partial charge >= 0.3 is 0 Å². The number of aliphatic imine (C=N–C) groups is 1. The van der Waals surface area contributed by atoms with Gasteiger partial charge in [-0.15, -0.1) is 0 Å². The molecule has 0 aliphatic carbocycles. The molecule has 140 valence electrons. The van der Waals surface area contributed by atoms with Crippen LogP contribution in [0.1, 0.15) is 42.7 Å². The van der Waals surface area contributed by atoms with Crippen molar-refractivity contribution in [1.29, 1.82) is 0 Å². The largest absolute Gasteiger partial charge is 0.402 e. The molecule has 0 spiro atoms. The van der Waals surface area contributed by atoms with Gasteiger partial charge in [-0.25, -0.2) is 0 Å². The monoisotopic (exact) mass is 399 g/mol. The minimum Gasteiger partial charge on any atom is -0.402 e. The first-order valence-corrected chi connectivity index (χ1v) is 9.49. The van der Waals surface area contributed by atoms with Crippen LogP contribution in [0.4, 0.5) is 0 Å². The molecule has 0 bridgehead atoms. The van der Waals surface area contributed by atoms with E-state index in [2.05, 4.69) is 0 Å². The maximum absolute atomic E-state index is 11.9. The summed E-state index contributed by atoms with van der Waals surface area (Å²) in [4.78, 5) is 17.4. The van der Waals surface area contributed by atoms with E-state index < -0.39 is 6.04 Å². The van der Waals surface area contributed by atoms with Gasteiger partial charge in [0.15, 0.2) is 0 Å². The summed E-state index contributed by atoms with van der Waals surface area (Å²) < 4.78 is 2.05. The number of hydrogen-bond donors (Lipinski definition) is 1. The molecule has 0 saturated heterocycles. The van der Waals surface area contributed by atoms with Crippen molar-refractivity contribution in [2.45, 2.75) is 33.2 Å². The predicted molar refractivity (Wildman–Crippen MR) is 116 cm³/mol. The fourth-order valence-electron chi connectivity index (χ4n) is 3.44. The van der Waals surface area contributed by atoms with E-state index in [9.17, 15) is 4.79 Å². The van der Waals surface area contributed by atoms with E-state index in [0.717, 1.165) is 33.7 Å². The summed E-state index contributed by atoms with van der Waals surface area (Å²) in [5.41, 5.74) is 12.4. The van der Waals surface area contributed by atoms with E-state index in [-0.39, 0.29) is 12.2 Å². The maximum atomic E-state index is 11.9. The lowest BCUT2D eigenvalue weighted by molar-refractivity contribution is -0.117. The summed E-state index contributed by atoms with van der Waals surface area (Å²) in [5, 5.41) is 0.659. The minimum atomic E-state index is -0.422. The van der Waals surface area contributed by atoms with Crippen molar-refractivity contribution in [3.8, 4) is 0 Å². The Morgan fingerprint density at radius 1 is 1.30 bits per heavy atom. The number of nitrogens with two attached hydrogens (primary N) is 1. The molecule has 2 N–H and O–H groups in total. The molecule has 27 heavy (non-hydrogen) atoms. The highest BCUT2D eigenvalue weighted by Gasteiger charge is 2.31. The van der Waals surface area contributed by atoms with Crippen molar-refractivity contribution in [3.63, 3.8) is 0 Å². The van der Waals surface area contributed by atoms with Crippen LogP contribution in [0.25, 0.3) is 5.57 Å². The lowest BCUT2D eigenvalue weighted by Crippen LogP contribution is -2.22. The normalized spacial score (nSPS) is 18.6. The van der Waals surface area contributed by atoms with Gasteiger partial charge in [-0.1, -0.05) is 36.0 Å². The van der Waals surface area contributed by atoms with Crippen molar-refractivity contribution >= 4 is 45.8 Å². The highest BCUT2D eigenvalue weighted by Crippen LogP contribution is 2.34. The molecule has 4 nitrogen and oxygen atoms in total. The third-order valence-corrected chi connectivity index (χ3v) is 5.54. The average Bonchev–Trinajstić information content (AvgIpc) is 2.80. The third-order valence-electron chi connectivity index (χ3n) is 4.82. The zero-order valence-electron chi connectivity index (χ0n) is 15.8. The van der Waals surface area contributed by atoms with Gasteiger partial charge in [-0.05, 0) is 32.9 Å². The summed E-state index contributed by atoms with van der Waals surface area (Å²) in [6.07, 6.45) is 2.28. The molecule has 0 amide bonds. The van der Waals surface area contributed by atoms with Gasteiger partial charge in [-0.2, -0.15) is 0 Å². The van der Waals surface area contributed by atoms with Crippen LogP contribution < -0.4 is 5.73 Å². The van der Waals surface area contributed by atoms with Crippen molar-refractivity contribution in [3.05, 3.63) is 63.6 Å². The lowest BCUT2D eigenvalue weighted by Gasteiger charge is -2.15. The van der Waals surface area contributed by atoms with E-state index in [1.54, 1.807) is 6.92 Å². The Kier molecular flexibility index (Phi) is 5.36. The maximum Gasteiger partial charge on any atom is 0.132 e. The first kappa shape index (κ1) is 19.5. The highest BCUT2D eigenvalue weighted by molar-refractivity contribution is 7.81. The zero-order chi connectivity index (χ0) is 19.9. The number of fused-ring (bicyclic) bond motifs is 1. The molecule has 1 aliphatic heterocycles. The van der Waals surface area contributed by atoms with Crippen LogP contribution in [0.5, 0.6) is 0 Å². The standard InChI is InChI=1S/C21H22ClN3OS/c1-11(26)9-17-21(27)18(12(2)23)16-10-25(4)13(3)19(16)20(24-17)14-5-7-15(22)8-6-14/h5-8,10,17H,9,23H2,1-4H3/b18-12-/t17-/m0/s1. The van der Waals surface area contributed by atoms with E-state index in [0.29, 0.717) is 15.6 Å². The highest BCUT2D eigenvalue weighted by atomic mass is 35.5. The summed E-state index contributed by atoms with van der Waals surface area (Å²) >= 11 is 11.8. The molecule has 1 aromatic heterocycles. The predicted octanol–water partition coefficient (Wildman–Crippen LogP) is 4.25. The van der Waals surface area contributed by atoms with Crippen molar-refractivity contribution in [1.82, 2.24) is 4.57 Å². The number of carbonyl (C=O) groups excluding carboxylic acids is 1. The molecule has 0 saturated carbocycles. The number of halogens is 1. The van der Waals surface area contributed by atoms with Gasteiger partial charge in [-0.3, -0.25) is 9.79 Å². The first-order chi connectivity index (χ1) is 12.7. The van der Waals surface area contributed by atoms with Crippen molar-refractivity contribution in [2.75, 3.05) is 0 Å². The fraction of sp³-hybridized carbons (Fsp3) is 0.286. The van der Waals surface area contributed by atoms with Crippen molar-refractivity contribution < 1.29 is 4.79 Å². The lowest BCUT2D eigenvalue weighted by atomic mass is 9.93. The van der Waals surface area contributed by atoms with Crippen LogP contribution in [0, 0.1) is 6.92 Å². The van der Waals surface area contributed by atoms with Gasteiger partial charge in [0.2, 0.25) is 0 Å². The molecule has 1 aromatic carbocycles. The molecule has 0 fully saturated rings. The molecule has 0 unspecified atom stereocenters. The molecule has 2 heterocycles. The molecular weight excluding hydrogens is 378 g/mol. The van der Waals surface area contributed by atoms with Crippen LogP contribution in [-0.4, -0.2) is 27.0 Å². The summed E-state index contributed by atoms with van der Waals surface area (Å²) in [6.45, 7) is 5.44. The van der Waals surface area contributed by atoms with Crippen molar-refractivity contribution in [2.24, 2.45) is 17.8 Å². The number of aryl methyl sites for hydroxylation is 1. The second-order valence-corrected chi connectivity index (χ2v) is 7.82. The Balaban J connectivity index is 2.35. The Hall–Kier alpha value is -2.24. The molecule has 1 atom stereocenters. The molecule has 1 aliphatic rings. The third kappa shape index (κ3) is 3.62. The second-order valence-electron chi connectivity index (χ2n) is 6.94. The number of benzene rings is 1. The average molecular weight is 400 g/mol. The van der Waals surface area contributed by atoms with E-state index in [1.165, 1.54) is 0 Å². The molecular formula is C21H22ClN3OS. The first-order valence-electron chi connectivity index (χ1n) is 8.71. The minimum absolute atomic E-state index is 0.0411. The van der Waals surface area contributed by atoms with Gasteiger partial charge in [0.25, 0.3) is 0 Å². The SMILES string of the molecule is CC(=O)C[C@@H]1N=C(c2ccc(Cl)cc2)c2c(cn(C)c2C)/C(=C(\C)N)C1=S. The van der Waals surface area contributed by atoms with E-state index in [4.69, 9.17) is 34.5 Å². The number of allylic oxidation sites excluding steroid dienone is 1. The van der Waals surface area contributed by atoms with Gasteiger partial charge in [0.05, 0.1) is 11.8 Å². The number of hydrogen-bond acceptors (Lipinski definition) is 4. The van der Waals surface area contributed by atoms with Crippen LogP contribution in [0.3, 0.4) is 0 Å². The van der Waals surface area contributed by atoms with Crippen LogP contribution in [-0.2, 0) is 11.8 Å². The van der Waals surface area contributed by atoms with E-state index in [1.807, 2.05) is 55.9 Å². The number of aromatic nitrogens is 1. The Morgan fingerprint density at radius 2 is 1.93 bits per heavy atom. The summed E-state index contributed by atoms with van der Waals surface area (Å²) in [5.74, 6) is 0.0411. The number of carbonyl (C=O) groups is 1. The summed E-state index contributed by atoms with van der Waals surface area (Å²) in [6, 6.07) is 7.13. The Morgan fingerprint density at radius 3 is 2.48 bits per heavy atom. The fourth-order valence-corrected chi connectivity index (χ4v) is 3.97. The molecule has 3 rings (SSSR count). The Labute approximate surface area is 169 Å². The topological polar surface area (TPSA) is 60.4 Å². The van der Waals surface area contributed by atoms with E-state index >= 15 is 0 Å². The number of Topliss-reactive ketones (excluding diaryl/α,β-unsaturated/α-hetero) is 1. The van der Waals surface area contributed by atoms with Gasteiger partial charge in [0, 0.05) is 63.2 Å². The van der Waals surface area contributed by atoms with Gasteiger partial charge < -0.3 is 10.3 Å². The smallest absolute Gasteiger partial charge is 0.132 e. The number of nitrogens with zero attached hydrogens (tertiary/aromatic N) is 2. The summed E-state index contributed by atoms with van der Waals surface area (Å²) in [7, 11) is 1.99.